The van der Waals surface area contributed by atoms with E-state index in [2.05, 4.69) is 4.99 Å². The summed E-state index contributed by atoms with van der Waals surface area (Å²) in [5, 5.41) is 0. The molecule has 10 nitrogen and oxygen atoms in total. The van der Waals surface area contributed by atoms with Crippen molar-refractivity contribution < 1.29 is 33.4 Å². The van der Waals surface area contributed by atoms with Gasteiger partial charge < -0.3 is 19.1 Å². The van der Waals surface area contributed by atoms with Crippen molar-refractivity contribution in [2.45, 2.75) is 6.92 Å². The first-order valence-corrected chi connectivity index (χ1v) is 10.4. The Kier molecular flexibility index (Phi) is 6.20. The number of ketones is 1. The second-order valence-electron chi connectivity index (χ2n) is 7.57. The molecule has 2 heterocycles. The Labute approximate surface area is 200 Å². The van der Waals surface area contributed by atoms with Gasteiger partial charge in [-0.2, -0.15) is 4.99 Å². The molecule has 1 saturated heterocycles. The number of rotatable bonds is 4. The Hall–Kier alpha value is -4.73. The van der Waals surface area contributed by atoms with Crippen LogP contribution in [0, 0.1) is 0 Å². The predicted octanol–water partition coefficient (Wildman–Crippen LogP) is 2.41. The SMILES string of the molecule is COc1ccc(/C=C2\C(=O)N(/C=C3\C(=O)Oc4ccccc4C3=O)C(=NC(C)=O)N2C)cc1OC. The molecule has 0 radical (unpaired) electrons. The van der Waals surface area contributed by atoms with E-state index in [0.29, 0.717) is 17.1 Å². The molecule has 0 spiro atoms. The number of fused-ring (bicyclic) bond motifs is 1. The molecule has 2 amide bonds. The Morgan fingerprint density at radius 3 is 2.43 bits per heavy atom. The predicted molar refractivity (Wildman–Crippen MR) is 125 cm³/mol. The van der Waals surface area contributed by atoms with Crippen LogP contribution in [0.25, 0.3) is 6.08 Å². The summed E-state index contributed by atoms with van der Waals surface area (Å²) in [4.78, 5) is 57.0. The molecule has 0 atom stereocenters. The number of guanidine groups is 1. The van der Waals surface area contributed by atoms with Gasteiger partial charge in [0.25, 0.3) is 5.91 Å². The Bertz CT molecular complexity index is 1360. The molecule has 0 aliphatic carbocycles. The molecule has 35 heavy (non-hydrogen) atoms. The fourth-order valence-corrected chi connectivity index (χ4v) is 3.65. The third-order valence-electron chi connectivity index (χ3n) is 5.34. The number of benzene rings is 2. The van der Waals surface area contributed by atoms with Crippen molar-refractivity contribution in [1.82, 2.24) is 9.80 Å². The molecule has 0 bridgehead atoms. The maximum absolute atomic E-state index is 13.4. The highest BCUT2D eigenvalue weighted by molar-refractivity contribution is 6.28. The Morgan fingerprint density at radius 2 is 1.74 bits per heavy atom. The van der Waals surface area contributed by atoms with E-state index >= 15 is 0 Å². The zero-order valence-corrected chi connectivity index (χ0v) is 19.4. The van der Waals surface area contributed by atoms with Crippen LogP contribution in [0.1, 0.15) is 22.8 Å². The molecular formula is C25H21N3O7. The van der Waals surface area contributed by atoms with Crippen molar-refractivity contribution in [3.8, 4) is 17.2 Å². The third kappa shape index (κ3) is 4.29. The summed E-state index contributed by atoms with van der Waals surface area (Å²) in [6.45, 7) is 1.23. The molecule has 0 unspecified atom stereocenters. The second-order valence-corrected chi connectivity index (χ2v) is 7.57. The monoisotopic (exact) mass is 475 g/mol. The average Bonchev–Trinajstić information content (AvgIpc) is 3.05. The minimum Gasteiger partial charge on any atom is -0.493 e. The van der Waals surface area contributed by atoms with E-state index in [9.17, 15) is 19.2 Å². The lowest BCUT2D eigenvalue weighted by molar-refractivity contribution is -0.130. The van der Waals surface area contributed by atoms with Gasteiger partial charge in [0.15, 0.2) is 11.5 Å². The second kappa shape index (κ2) is 9.26. The van der Waals surface area contributed by atoms with Gasteiger partial charge in [-0.15, -0.1) is 0 Å². The molecule has 2 aliphatic heterocycles. The van der Waals surface area contributed by atoms with E-state index < -0.39 is 23.6 Å². The van der Waals surface area contributed by atoms with Gasteiger partial charge in [0, 0.05) is 20.2 Å². The number of hydrogen-bond acceptors (Lipinski definition) is 7. The molecule has 2 aromatic rings. The van der Waals surface area contributed by atoms with Gasteiger partial charge in [0.1, 0.15) is 17.0 Å². The van der Waals surface area contributed by atoms with E-state index in [0.717, 1.165) is 11.1 Å². The van der Waals surface area contributed by atoms with Crippen LogP contribution in [0.5, 0.6) is 17.2 Å². The highest BCUT2D eigenvalue weighted by atomic mass is 16.5. The van der Waals surface area contributed by atoms with Crippen molar-refractivity contribution >= 4 is 35.6 Å². The minimum atomic E-state index is -0.913. The summed E-state index contributed by atoms with van der Waals surface area (Å²) >= 11 is 0. The van der Waals surface area contributed by atoms with Crippen molar-refractivity contribution in [2.24, 2.45) is 4.99 Å². The molecule has 2 aromatic carbocycles. The van der Waals surface area contributed by atoms with Gasteiger partial charge in [0.05, 0.1) is 19.8 Å². The Balaban J connectivity index is 1.78. The maximum Gasteiger partial charge on any atom is 0.349 e. The lowest BCUT2D eigenvalue weighted by Crippen LogP contribution is -2.33. The van der Waals surface area contributed by atoms with Gasteiger partial charge in [-0.3, -0.25) is 19.3 Å². The number of amides is 2. The summed E-state index contributed by atoms with van der Waals surface area (Å²) < 4.78 is 15.8. The summed E-state index contributed by atoms with van der Waals surface area (Å²) in [5.74, 6) is -1.65. The van der Waals surface area contributed by atoms with Crippen molar-refractivity contribution in [3.05, 3.63) is 71.1 Å². The van der Waals surface area contributed by atoms with Crippen molar-refractivity contribution in [2.75, 3.05) is 21.3 Å². The molecule has 10 heteroatoms. The van der Waals surface area contributed by atoms with Crippen LogP contribution in [0.2, 0.25) is 0 Å². The van der Waals surface area contributed by atoms with Gasteiger partial charge in [-0.1, -0.05) is 18.2 Å². The third-order valence-corrected chi connectivity index (χ3v) is 5.34. The molecule has 2 aliphatic rings. The number of methoxy groups -OCH3 is 2. The highest BCUT2D eigenvalue weighted by Gasteiger charge is 2.39. The smallest absolute Gasteiger partial charge is 0.349 e. The summed E-state index contributed by atoms with van der Waals surface area (Å²) in [7, 11) is 4.54. The van der Waals surface area contributed by atoms with Gasteiger partial charge in [0.2, 0.25) is 17.6 Å². The molecule has 0 saturated carbocycles. The van der Waals surface area contributed by atoms with Gasteiger partial charge in [-0.25, -0.2) is 4.79 Å². The molecule has 4 rings (SSSR count). The van der Waals surface area contributed by atoms with Crippen molar-refractivity contribution in [1.29, 1.82) is 0 Å². The molecule has 178 valence electrons. The summed E-state index contributed by atoms with van der Waals surface area (Å²) in [6.07, 6.45) is 2.62. The van der Waals surface area contributed by atoms with E-state index in [1.807, 2.05) is 0 Å². The number of aliphatic imine (C=N–C) groups is 1. The number of esters is 1. The minimum absolute atomic E-state index is 0.0683. The molecule has 0 N–H and O–H groups in total. The number of carbonyl (C=O) groups is 4. The van der Waals surface area contributed by atoms with E-state index in [-0.39, 0.29) is 28.5 Å². The van der Waals surface area contributed by atoms with Crippen LogP contribution in [-0.2, 0) is 14.4 Å². The number of likely N-dealkylation sites (N-methyl/N-ethyl adjacent to an activating group) is 1. The molecular weight excluding hydrogens is 454 g/mol. The lowest BCUT2D eigenvalue weighted by Gasteiger charge is -2.19. The number of hydrogen-bond donors (Lipinski definition) is 0. The number of Topliss-reactive ketones (excluding diaryl/α,β-unsaturated/α-hetero) is 1. The van der Waals surface area contributed by atoms with Crippen LogP contribution in [0.15, 0.2) is 64.9 Å². The molecule has 1 fully saturated rings. The fourth-order valence-electron chi connectivity index (χ4n) is 3.65. The van der Waals surface area contributed by atoms with Crippen LogP contribution < -0.4 is 14.2 Å². The summed E-state index contributed by atoms with van der Waals surface area (Å²) in [5.41, 5.74) is 0.571. The van der Waals surface area contributed by atoms with Gasteiger partial charge >= 0.3 is 5.97 Å². The quantitative estimate of drug-likeness (QED) is 0.287. The number of ether oxygens (including phenoxy) is 3. The normalized spacial score (nSPS) is 18.9. The fraction of sp³-hybridized carbons (Fsp3) is 0.160. The van der Waals surface area contributed by atoms with Crippen LogP contribution in [-0.4, -0.2) is 60.6 Å². The van der Waals surface area contributed by atoms with E-state index in [1.54, 1.807) is 43.5 Å². The van der Waals surface area contributed by atoms with Gasteiger partial charge in [-0.05, 0) is 35.9 Å². The van der Waals surface area contributed by atoms with Crippen LogP contribution in [0.4, 0.5) is 0 Å². The van der Waals surface area contributed by atoms with E-state index in [1.165, 1.54) is 38.2 Å². The number of para-hydroxylation sites is 1. The van der Waals surface area contributed by atoms with Crippen molar-refractivity contribution in [3.63, 3.8) is 0 Å². The average molecular weight is 475 g/mol. The zero-order valence-electron chi connectivity index (χ0n) is 19.4. The first-order chi connectivity index (χ1) is 16.7. The largest absolute Gasteiger partial charge is 0.493 e. The number of nitrogens with zero attached hydrogens (tertiary/aromatic N) is 3. The highest BCUT2D eigenvalue weighted by Crippen LogP contribution is 2.32. The topological polar surface area (TPSA) is 115 Å². The lowest BCUT2D eigenvalue weighted by atomic mass is 10.0. The standard InChI is InChI=1S/C25H21N3O7/c1-14(29)26-25-27(2)18(11-15-9-10-20(33-3)21(12-15)34-4)23(31)28(25)13-17-22(30)16-7-5-6-8-19(16)35-24(17)32/h5-13H,1-4H3/b17-13-,18-11+,26-25?. The zero-order chi connectivity index (χ0) is 25.3. The van der Waals surface area contributed by atoms with Crippen LogP contribution in [0.3, 0.4) is 0 Å². The van der Waals surface area contributed by atoms with E-state index in [4.69, 9.17) is 14.2 Å². The van der Waals surface area contributed by atoms with Crippen LogP contribution >= 0.6 is 0 Å². The Morgan fingerprint density at radius 1 is 1.03 bits per heavy atom. The number of carbonyl (C=O) groups excluding carboxylic acids is 4. The first-order valence-electron chi connectivity index (χ1n) is 10.4. The molecule has 0 aromatic heterocycles. The maximum atomic E-state index is 13.4. The first kappa shape index (κ1) is 23.4. The summed E-state index contributed by atoms with van der Waals surface area (Å²) in [6, 6.07) is 11.4.